The summed E-state index contributed by atoms with van der Waals surface area (Å²) >= 11 is 0. The zero-order chi connectivity index (χ0) is 7.40. The van der Waals surface area contributed by atoms with Gasteiger partial charge in [-0.15, -0.1) is 0 Å². The molecule has 60 valence electrons. The van der Waals surface area contributed by atoms with Crippen LogP contribution in [0.25, 0.3) is 0 Å². The summed E-state index contributed by atoms with van der Waals surface area (Å²) < 4.78 is 11.9. The minimum absolute atomic E-state index is 0.219. The second-order valence-electron chi connectivity index (χ2n) is 2.89. The number of hydrogen-bond acceptors (Lipinski definition) is 2. The van der Waals surface area contributed by atoms with Crippen molar-refractivity contribution in [3.05, 3.63) is 0 Å². The fourth-order valence-corrected chi connectivity index (χ4v) is 1.40. The van der Waals surface area contributed by atoms with Gasteiger partial charge in [0.15, 0.2) is 0 Å². The highest BCUT2D eigenvalue weighted by Crippen LogP contribution is 2.12. The van der Waals surface area contributed by atoms with Crippen LogP contribution in [0.5, 0.6) is 0 Å². The van der Waals surface area contributed by atoms with Gasteiger partial charge in [-0.3, -0.25) is 4.39 Å². The Bertz CT molecular complexity index is 95.6. The number of nitrogens with one attached hydrogen (secondary N) is 1. The maximum atomic E-state index is 11.9. The first-order valence-corrected chi connectivity index (χ1v) is 3.87. The average Bonchev–Trinajstić information content (AvgIpc) is 1.94. The predicted octanol–water partition coefficient (Wildman–Crippen LogP) is 0.283. The van der Waals surface area contributed by atoms with E-state index in [1.807, 2.05) is 0 Å². The Morgan fingerprint density at radius 3 is 3.00 bits per heavy atom. The van der Waals surface area contributed by atoms with Crippen LogP contribution in [0.3, 0.4) is 0 Å². The number of alkyl halides is 1. The summed E-state index contributed by atoms with van der Waals surface area (Å²) in [4.78, 5) is 0. The number of rotatable bonds is 2. The molecule has 3 heteroatoms. The second-order valence-corrected chi connectivity index (χ2v) is 2.89. The molecule has 0 aliphatic carbocycles. The SMILES string of the molecule is NC1CCNCC1CCF. The van der Waals surface area contributed by atoms with Crippen LogP contribution < -0.4 is 11.1 Å². The number of nitrogens with two attached hydrogens (primary N) is 1. The molecule has 0 aromatic heterocycles. The highest BCUT2D eigenvalue weighted by atomic mass is 19.1. The molecule has 1 rings (SSSR count). The smallest absolute Gasteiger partial charge is 0.0898 e. The van der Waals surface area contributed by atoms with Gasteiger partial charge in [-0.05, 0) is 31.8 Å². The molecule has 0 aromatic carbocycles. The molecule has 0 bridgehead atoms. The van der Waals surface area contributed by atoms with Gasteiger partial charge in [-0.25, -0.2) is 0 Å². The van der Waals surface area contributed by atoms with E-state index in [4.69, 9.17) is 5.73 Å². The topological polar surface area (TPSA) is 38.0 Å². The summed E-state index contributed by atoms with van der Waals surface area (Å²) in [6.07, 6.45) is 1.61. The number of halogens is 1. The Morgan fingerprint density at radius 2 is 2.40 bits per heavy atom. The molecule has 1 aliphatic rings. The molecule has 1 heterocycles. The van der Waals surface area contributed by atoms with Crippen molar-refractivity contribution >= 4 is 0 Å². The van der Waals surface area contributed by atoms with Crippen molar-refractivity contribution in [2.45, 2.75) is 18.9 Å². The molecule has 2 atom stereocenters. The fraction of sp³-hybridized carbons (Fsp3) is 1.00. The van der Waals surface area contributed by atoms with Gasteiger partial charge in [0.1, 0.15) is 0 Å². The van der Waals surface area contributed by atoms with Crippen LogP contribution in [0, 0.1) is 5.92 Å². The first kappa shape index (κ1) is 7.95. The van der Waals surface area contributed by atoms with Crippen molar-refractivity contribution < 1.29 is 4.39 Å². The van der Waals surface area contributed by atoms with Crippen LogP contribution >= 0.6 is 0 Å². The lowest BCUT2D eigenvalue weighted by Crippen LogP contribution is -2.44. The Balaban J connectivity index is 2.25. The molecule has 10 heavy (non-hydrogen) atoms. The number of piperidine rings is 1. The molecule has 0 amide bonds. The van der Waals surface area contributed by atoms with Gasteiger partial charge in [0.05, 0.1) is 6.67 Å². The van der Waals surface area contributed by atoms with Crippen molar-refractivity contribution in [3.63, 3.8) is 0 Å². The van der Waals surface area contributed by atoms with Crippen molar-refractivity contribution in [3.8, 4) is 0 Å². The van der Waals surface area contributed by atoms with E-state index in [0.717, 1.165) is 19.5 Å². The van der Waals surface area contributed by atoms with E-state index >= 15 is 0 Å². The Labute approximate surface area is 61.0 Å². The quantitative estimate of drug-likeness (QED) is 0.587. The van der Waals surface area contributed by atoms with Crippen LogP contribution in [-0.2, 0) is 0 Å². The summed E-state index contributed by atoms with van der Waals surface area (Å²) in [6, 6.07) is 0.219. The van der Waals surface area contributed by atoms with E-state index in [1.165, 1.54) is 0 Å². The van der Waals surface area contributed by atoms with Gasteiger partial charge in [0.2, 0.25) is 0 Å². The summed E-state index contributed by atoms with van der Waals surface area (Å²) in [7, 11) is 0. The normalized spacial score (nSPS) is 34.2. The van der Waals surface area contributed by atoms with E-state index in [1.54, 1.807) is 0 Å². The van der Waals surface area contributed by atoms with Gasteiger partial charge in [-0.2, -0.15) is 0 Å². The first-order chi connectivity index (χ1) is 4.84. The van der Waals surface area contributed by atoms with E-state index in [0.29, 0.717) is 12.3 Å². The van der Waals surface area contributed by atoms with Gasteiger partial charge < -0.3 is 11.1 Å². The molecule has 2 nitrogen and oxygen atoms in total. The van der Waals surface area contributed by atoms with Crippen LogP contribution in [-0.4, -0.2) is 25.8 Å². The van der Waals surface area contributed by atoms with Gasteiger partial charge in [-0.1, -0.05) is 0 Å². The summed E-state index contributed by atoms with van der Waals surface area (Å²) in [6.45, 7) is 1.65. The second kappa shape index (κ2) is 3.88. The molecule has 2 unspecified atom stereocenters. The van der Waals surface area contributed by atoms with Gasteiger partial charge in [0.25, 0.3) is 0 Å². The molecule has 1 fully saturated rings. The summed E-state index contributed by atoms with van der Waals surface area (Å²) in [5, 5.41) is 3.20. The minimum atomic E-state index is -0.236. The molecule has 0 spiro atoms. The highest BCUT2D eigenvalue weighted by Gasteiger charge is 2.20. The zero-order valence-corrected chi connectivity index (χ0v) is 6.15. The molecule has 1 saturated heterocycles. The van der Waals surface area contributed by atoms with Crippen molar-refractivity contribution in [2.24, 2.45) is 11.7 Å². The Kier molecular flexibility index (Phi) is 3.09. The predicted molar refractivity (Wildman–Crippen MR) is 39.5 cm³/mol. The third kappa shape index (κ3) is 1.92. The standard InChI is InChI=1S/C7H15FN2/c8-3-1-6-5-10-4-2-7(6)9/h6-7,10H,1-5,9H2. The molecule has 3 N–H and O–H groups in total. The highest BCUT2D eigenvalue weighted by molar-refractivity contribution is 4.79. The third-order valence-electron chi connectivity index (χ3n) is 2.15. The lowest BCUT2D eigenvalue weighted by Gasteiger charge is -2.28. The Morgan fingerprint density at radius 1 is 1.60 bits per heavy atom. The van der Waals surface area contributed by atoms with Gasteiger partial charge >= 0.3 is 0 Å². The van der Waals surface area contributed by atoms with E-state index in [9.17, 15) is 4.39 Å². The first-order valence-electron chi connectivity index (χ1n) is 3.87. The zero-order valence-electron chi connectivity index (χ0n) is 6.15. The summed E-state index contributed by atoms with van der Waals surface area (Å²) in [5.74, 6) is 0.360. The van der Waals surface area contributed by atoms with E-state index in [-0.39, 0.29) is 12.7 Å². The lowest BCUT2D eigenvalue weighted by atomic mass is 9.92. The molecule has 0 aromatic rings. The Hall–Kier alpha value is -0.150. The molecular weight excluding hydrogens is 131 g/mol. The third-order valence-corrected chi connectivity index (χ3v) is 2.15. The monoisotopic (exact) mass is 146 g/mol. The molecule has 0 saturated carbocycles. The maximum Gasteiger partial charge on any atom is 0.0898 e. The van der Waals surface area contributed by atoms with Crippen LogP contribution in [0.1, 0.15) is 12.8 Å². The minimum Gasteiger partial charge on any atom is -0.327 e. The van der Waals surface area contributed by atoms with Crippen LogP contribution in [0.15, 0.2) is 0 Å². The van der Waals surface area contributed by atoms with Crippen LogP contribution in [0.2, 0.25) is 0 Å². The number of hydrogen-bond donors (Lipinski definition) is 2. The fourth-order valence-electron chi connectivity index (χ4n) is 1.40. The van der Waals surface area contributed by atoms with Crippen molar-refractivity contribution in [1.29, 1.82) is 0 Å². The van der Waals surface area contributed by atoms with Crippen molar-refractivity contribution in [1.82, 2.24) is 5.32 Å². The van der Waals surface area contributed by atoms with Gasteiger partial charge in [0, 0.05) is 6.04 Å². The lowest BCUT2D eigenvalue weighted by molar-refractivity contribution is 0.282. The maximum absolute atomic E-state index is 11.9. The van der Waals surface area contributed by atoms with Crippen LogP contribution in [0.4, 0.5) is 4.39 Å². The average molecular weight is 146 g/mol. The largest absolute Gasteiger partial charge is 0.327 e. The molecular formula is C7H15FN2. The summed E-state index contributed by atoms with van der Waals surface area (Å²) in [5.41, 5.74) is 5.76. The molecule has 1 aliphatic heterocycles. The van der Waals surface area contributed by atoms with E-state index < -0.39 is 0 Å². The van der Waals surface area contributed by atoms with E-state index in [2.05, 4.69) is 5.32 Å². The molecule has 0 radical (unpaired) electrons. The van der Waals surface area contributed by atoms with Crippen molar-refractivity contribution in [2.75, 3.05) is 19.8 Å².